The van der Waals surface area contributed by atoms with Gasteiger partial charge in [0, 0.05) is 0 Å². The first kappa shape index (κ1) is 14.1. The minimum absolute atomic E-state index is 0.00625. The molecule has 1 aromatic carbocycles. The van der Waals surface area contributed by atoms with Gasteiger partial charge < -0.3 is 9.47 Å². The Morgan fingerprint density at radius 2 is 1.89 bits per heavy atom. The Balaban J connectivity index is 2.54. The highest BCUT2D eigenvalue weighted by Gasteiger charge is 2.29. The van der Waals surface area contributed by atoms with Gasteiger partial charge in [-0.25, -0.2) is 4.79 Å². The predicted molar refractivity (Wildman–Crippen MR) is 58.8 cm³/mol. The topological polar surface area (TPSA) is 35.5 Å². The van der Waals surface area contributed by atoms with Gasteiger partial charge in [-0.1, -0.05) is 18.2 Å². The maximum absolute atomic E-state index is 12.3. The Hall–Kier alpha value is -1.98. The van der Waals surface area contributed by atoms with Gasteiger partial charge in [0.2, 0.25) is 0 Å². The molecule has 6 heteroatoms. The van der Waals surface area contributed by atoms with Gasteiger partial charge in [0.15, 0.2) is 0 Å². The third-order valence-electron chi connectivity index (χ3n) is 2.01. The Morgan fingerprint density at radius 3 is 2.39 bits per heavy atom. The van der Waals surface area contributed by atoms with Crippen LogP contribution in [0.3, 0.4) is 0 Å². The van der Waals surface area contributed by atoms with E-state index in [9.17, 15) is 18.0 Å². The molecule has 0 spiro atoms. The van der Waals surface area contributed by atoms with Gasteiger partial charge >= 0.3 is 12.3 Å². The summed E-state index contributed by atoms with van der Waals surface area (Å²) in [5.74, 6) is 0. The molecule has 0 radical (unpaired) electrons. The smallest absolute Gasteiger partial charge is 0.438 e. The molecule has 0 saturated carbocycles. The summed E-state index contributed by atoms with van der Waals surface area (Å²) in [5, 5.41) is 0. The molecule has 0 unspecified atom stereocenters. The van der Waals surface area contributed by atoms with Gasteiger partial charge in [0.05, 0.1) is 12.7 Å². The van der Waals surface area contributed by atoms with Crippen LogP contribution in [0, 0.1) is 0 Å². The molecule has 0 atom stereocenters. The highest BCUT2D eigenvalue weighted by molar-refractivity contribution is 5.60. The van der Waals surface area contributed by atoms with E-state index in [1.165, 1.54) is 25.3 Å². The standard InChI is InChI=1S/C12H11F3O3/c1-17-11(16)18-8-2-3-9-4-6-10(7-5-9)12(13,14)15/h2-7H,8H2,1H3/b3-2+. The first-order valence-corrected chi connectivity index (χ1v) is 4.98. The van der Waals surface area contributed by atoms with Crippen molar-refractivity contribution in [3.8, 4) is 0 Å². The van der Waals surface area contributed by atoms with E-state index in [1.807, 2.05) is 0 Å². The van der Waals surface area contributed by atoms with Crippen molar-refractivity contribution in [2.75, 3.05) is 13.7 Å². The van der Waals surface area contributed by atoms with Crippen LogP contribution in [0.25, 0.3) is 6.08 Å². The van der Waals surface area contributed by atoms with Crippen LogP contribution in [-0.2, 0) is 15.7 Å². The molecule has 0 aliphatic rings. The van der Waals surface area contributed by atoms with Crippen molar-refractivity contribution in [1.82, 2.24) is 0 Å². The largest absolute Gasteiger partial charge is 0.508 e. The number of rotatable bonds is 3. The Kier molecular flexibility index (Phi) is 4.76. The number of ether oxygens (including phenoxy) is 2. The fraction of sp³-hybridized carbons (Fsp3) is 0.250. The van der Waals surface area contributed by atoms with E-state index in [1.54, 1.807) is 6.08 Å². The van der Waals surface area contributed by atoms with Crippen LogP contribution in [0.4, 0.5) is 18.0 Å². The van der Waals surface area contributed by atoms with E-state index in [-0.39, 0.29) is 6.61 Å². The third kappa shape index (κ3) is 4.48. The predicted octanol–water partition coefficient (Wildman–Crippen LogP) is 3.50. The lowest BCUT2D eigenvalue weighted by molar-refractivity contribution is -0.137. The molecule has 0 fully saturated rings. The summed E-state index contributed by atoms with van der Waals surface area (Å²) in [6, 6.07) is 4.64. The average Bonchev–Trinajstić information content (AvgIpc) is 2.33. The fourth-order valence-corrected chi connectivity index (χ4v) is 1.14. The van der Waals surface area contributed by atoms with Crippen molar-refractivity contribution in [3.05, 3.63) is 41.5 Å². The Bertz CT molecular complexity index is 421. The lowest BCUT2D eigenvalue weighted by Crippen LogP contribution is -2.04. The number of hydrogen-bond donors (Lipinski definition) is 0. The van der Waals surface area contributed by atoms with Gasteiger partial charge in [-0.05, 0) is 23.8 Å². The molecule has 98 valence electrons. The number of carbonyl (C=O) groups excluding carboxylic acids is 1. The molecule has 18 heavy (non-hydrogen) atoms. The van der Waals surface area contributed by atoms with Crippen LogP contribution in [0.15, 0.2) is 30.3 Å². The van der Waals surface area contributed by atoms with E-state index >= 15 is 0 Å². The summed E-state index contributed by atoms with van der Waals surface area (Å²) >= 11 is 0. The fourth-order valence-electron chi connectivity index (χ4n) is 1.14. The van der Waals surface area contributed by atoms with Gasteiger partial charge in [-0.15, -0.1) is 0 Å². The van der Waals surface area contributed by atoms with Crippen molar-refractivity contribution in [3.63, 3.8) is 0 Å². The molecule has 0 N–H and O–H groups in total. The molecular weight excluding hydrogens is 249 g/mol. The average molecular weight is 260 g/mol. The second-order valence-corrected chi connectivity index (χ2v) is 3.29. The first-order chi connectivity index (χ1) is 8.43. The Morgan fingerprint density at radius 1 is 1.28 bits per heavy atom. The second-order valence-electron chi connectivity index (χ2n) is 3.29. The molecule has 0 heterocycles. The lowest BCUT2D eigenvalue weighted by Gasteiger charge is -2.05. The van der Waals surface area contributed by atoms with Crippen LogP contribution >= 0.6 is 0 Å². The molecule has 0 amide bonds. The lowest BCUT2D eigenvalue weighted by atomic mass is 10.1. The molecule has 0 saturated heterocycles. The van der Waals surface area contributed by atoms with Crippen molar-refractivity contribution >= 4 is 12.2 Å². The quantitative estimate of drug-likeness (QED) is 0.780. The third-order valence-corrected chi connectivity index (χ3v) is 2.01. The van der Waals surface area contributed by atoms with Gasteiger partial charge in [-0.2, -0.15) is 13.2 Å². The number of halogens is 3. The van der Waals surface area contributed by atoms with Gasteiger partial charge in [0.1, 0.15) is 6.61 Å². The van der Waals surface area contributed by atoms with E-state index in [2.05, 4.69) is 9.47 Å². The van der Waals surface area contributed by atoms with Crippen molar-refractivity contribution in [2.45, 2.75) is 6.18 Å². The summed E-state index contributed by atoms with van der Waals surface area (Å²) in [7, 11) is 1.18. The van der Waals surface area contributed by atoms with Crippen LogP contribution in [-0.4, -0.2) is 19.9 Å². The van der Waals surface area contributed by atoms with Crippen LogP contribution < -0.4 is 0 Å². The summed E-state index contributed by atoms with van der Waals surface area (Å²) in [4.78, 5) is 10.6. The maximum Gasteiger partial charge on any atom is 0.508 e. The first-order valence-electron chi connectivity index (χ1n) is 4.98. The van der Waals surface area contributed by atoms with Crippen LogP contribution in [0.1, 0.15) is 11.1 Å². The van der Waals surface area contributed by atoms with Gasteiger partial charge in [-0.3, -0.25) is 0 Å². The highest BCUT2D eigenvalue weighted by atomic mass is 19.4. The zero-order valence-electron chi connectivity index (χ0n) is 9.53. The number of benzene rings is 1. The van der Waals surface area contributed by atoms with E-state index < -0.39 is 17.9 Å². The van der Waals surface area contributed by atoms with Crippen molar-refractivity contribution < 1.29 is 27.4 Å². The monoisotopic (exact) mass is 260 g/mol. The molecule has 0 aromatic heterocycles. The van der Waals surface area contributed by atoms with E-state index in [0.29, 0.717) is 5.56 Å². The molecule has 3 nitrogen and oxygen atoms in total. The Labute approximate surface area is 102 Å². The zero-order chi connectivity index (χ0) is 13.6. The summed E-state index contributed by atoms with van der Waals surface area (Å²) in [6.07, 6.45) is -2.11. The molecule has 0 aliphatic heterocycles. The van der Waals surface area contributed by atoms with Crippen LogP contribution in [0.2, 0.25) is 0 Å². The number of alkyl halides is 3. The minimum atomic E-state index is -4.34. The van der Waals surface area contributed by atoms with Crippen molar-refractivity contribution in [2.24, 2.45) is 0 Å². The SMILES string of the molecule is COC(=O)OC/C=C/c1ccc(C(F)(F)F)cc1. The summed E-state index contributed by atoms with van der Waals surface area (Å²) < 4.78 is 45.6. The molecule has 1 aromatic rings. The number of hydrogen-bond acceptors (Lipinski definition) is 3. The maximum atomic E-state index is 12.3. The summed E-state index contributed by atoms with van der Waals surface area (Å²) in [6.45, 7) is -0.00625. The van der Waals surface area contributed by atoms with E-state index in [4.69, 9.17) is 0 Å². The highest BCUT2D eigenvalue weighted by Crippen LogP contribution is 2.29. The van der Waals surface area contributed by atoms with Gasteiger partial charge in [0.25, 0.3) is 0 Å². The number of methoxy groups -OCH3 is 1. The zero-order valence-corrected chi connectivity index (χ0v) is 9.53. The molecule has 1 rings (SSSR count). The van der Waals surface area contributed by atoms with Crippen LogP contribution in [0.5, 0.6) is 0 Å². The summed E-state index contributed by atoms with van der Waals surface area (Å²) in [5.41, 5.74) is -0.123. The van der Waals surface area contributed by atoms with Crippen molar-refractivity contribution in [1.29, 1.82) is 0 Å². The minimum Gasteiger partial charge on any atom is -0.438 e. The molecule has 0 aliphatic carbocycles. The molecule has 0 bridgehead atoms. The normalized spacial score (nSPS) is 11.6. The number of carbonyl (C=O) groups is 1. The second kappa shape index (κ2) is 6.09. The van der Waals surface area contributed by atoms with E-state index in [0.717, 1.165) is 12.1 Å². The molecular formula is C12H11F3O3.